The lowest BCUT2D eigenvalue weighted by Crippen LogP contribution is -2.71. The molecule has 0 aromatic rings. The molecule has 0 aromatic carbocycles. The van der Waals surface area contributed by atoms with Crippen LogP contribution >= 0.6 is 0 Å². The summed E-state index contributed by atoms with van der Waals surface area (Å²) in [6.07, 6.45) is -1.38. The van der Waals surface area contributed by atoms with Gasteiger partial charge in [0.15, 0.2) is 5.78 Å². The Morgan fingerprint density at radius 2 is 1.71 bits per heavy atom. The minimum atomic E-state index is -1.28. The third kappa shape index (κ3) is 2.09. The predicted octanol–water partition coefficient (Wildman–Crippen LogP) is 1.61. The van der Waals surface area contributed by atoms with Gasteiger partial charge >= 0.3 is 5.97 Å². The maximum Gasteiger partial charge on any atom is 0.302 e. The van der Waals surface area contributed by atoms with E-state index in [0.717, 1.165) is 0 Å². The van der Waals surface area contributed by atoms with Crippen LogP contribution < -0.4 is 0 Å². The highest BCUT2D eigenvalue weighted by Crippen LogP contribution is 2.71. The molecular formula is C22H32O6. The molecule has 28 heavy (non-hydrogen) atoms. The molecule has 4 fully saturated rings. The number of aliphatic hydroxyl groups is 3. The maximum atomic E-state index is 13.3. The van der Waals surface area contributed by atoms with Crippen molar-refractivity contribution in [3.8, 4) is 0 Å². The Hall–Kier alpha value is -1.24. The third-order valence-electron chi connectivity index (χ3n) is 9.05. The van der Waals surface area contributed by atoms with Gasteiger partial charge in [-0.1, -0.05) is 27.4 Å². The summed E-state index contributed by atoms with van der Waals surface area (Å²) >= 11 is 0. The Kier molecular flexibility index (Phi) is 4.22. The molecular weight excluding hydrogens is 360 g/mol. The molecule has 3 N–H and O–H groups in total. The van der Waals surface area contributed by atoms with Crippen LogP contribution in [0.3, 0.4) is 0 Å². The number of hydrogen-bond acceptors (Lipinski definition) is 6. The first kappa shape index (κ1) is 20.0. The van der Waals surface area contributed by atoms with E-state index < -0.39 is 40.7 Å². The average molecular weight is 392 g/mol. The van der Waals surface area contributed by atoms with Crippen LogP contribution in [-0.4, -0.2) is 51.5 Å². The molecule has 4 rings (SSSR count). The van der Waals surface area contributed by atoms with Crippen LogP contribution in [0.15, 0.2) is 12.2 Å². The van der Waals surface area contributed by atoms with Crippen molar-refractivity contribution in [2.75, 3.05) is 0 Å². The Morgan fingerprint density at radius 3 is 2.32 bits per heavy atom. The summed E-state index contributed by atoms with van der Waals surface area (Å²) in [7, 11) is 0. The van der Waals surface area contributed by atoms with E-state index in [9.17, 15) is 24.9 Å². The smallest absolute Gasteiger partial charge is 0.302 e. The zero-order valence-electron chi connectivity index (χ0n) is 17.1. The molecule has 0 aliphatic heterocycles. The Morgan fingerprint density at radius 1 is 1.07 bits per heavy atom. The highest BCUT2D eigenvalue weighted by atomic mass is 16.5. The maximum absolute atomic E-state index is 13.3. The van der Waals surface area contributed by atoms with Crippen LogP contribution in [-0.2, 0) is 14.3 Å². The van der Waals surface area contributed by atoms with Crippen LogP contribution in [0.5, 0.6) is 0 Å². The molecule has 6 heteroatoms. The van der Waals surface area contributed by atoms with E-state index in [1.807, 2.05) is 20.8 Å². The lowest BCUT2D eigenvalue weighted by atomic mass is 9.38. The molecule has 6 nitrogen and oxygen atoms in total. The minimum Gasteiger partial charge on any atom is -0.462 e. The van der Waals surface area contributed by atoms with Crippen molar-refractivity contribution in [1.29, 1.82) is 0 Å². The van der Waals surface area contributed by atoms with Gasteiger partial charge in [0.1, 0.15) is 6.10 Å². The second-order valence-corrected chi connectivity index (χ2v) is 10.3. The van der Waals surface area contributed by atoms with Crippen LogP contribution in [0.4, 0.5) is 0 Å². The lowest BCUT2D eigenvalue weighted by Gasteiger charge is -2.67. The number of fused-ring (bicyclic) bond motifs is 3. The topological polar surface area (TPSA) is 104 Å². The molecule has 0 aromatic heterocycles. The highest BCUT2D eigenvalue weighted by Gasteiger charge is 2.76. The van der Waals surface area contributed by atoms with Gasteiger partial charge in [0.25, 0.3) is 0 Å². The number of ether oxygens (including phenoxy) is 1. The molecule has 0 heterocycles. The summed E-state index contributed by atoms with van der Waals surface area (Å²) in [5.74, 6) is -1.43. The summed E-state index contributed by atoms with van der Waals surface area (Å²) in [4.78, 5) is 24.9. The molecule has 1 unspecified atom stereocenters. The highest BCUT2D eigenvalue weighted by molar-refractivity contribution is 6.04. The Labute approximate surface area is 166 Å². The fourth-order valence-corrected chi connectivity index (χ4v) is 7.66. The number of rotatable bonds is 1. The SMILES string of the molecule is C=C1C(=O)[C@]23C(O)[C@H]1CC[C@H]2[C@]1(C)[C@H](O)C[C@H](OC(C)=O)C(C)(C)[C@H]1C[C@H]3O. The normalized spacial score (nSPS) is 52.0. The van der Waals surface area contributed by atoms with Crippen LogP contribution in [0, 0.1) is 34.0 Å². The van der Waals surface area contributed by atoms with Crippen molar-refractivity contribution in [1.82, 2.24) is 0 Å². The summed E-state index contributed by atoms with van der Waals surface area (Å²) < 4.78 is 5.55. The first-order valence-electron chi connectivity index (χ1n) is 10.4. The predicted molar refractivity (Wildman–Crippen MR) is 101 cm³/mol. The van der Waals surface area contributed by atoms with Gasteiger partial charge < -0.3 is 20.1 Å². The van der Waals surface area contributed by atoms with Crippen molar-refractivity contribution < 1.29 is 29.6 Å². The standard InChI is InChI=1S/C22H32O6/c1-10-12-6-7-13-21(5)14(8-16(25)22(13,18(10)26)19(12)27)20(3,4)17(9-15(21)24)28-11(2)23/h12-17,19,24-25,27H,1,6-9H2,2-5H3/t12-,13-,14+,15+,16+,17-,19?,21-,22-/m0/s1. The lowest BCUT2D eigenvalue weighted by molar-refractivity contribution is -0.270. The molecule has 4 aliphatic carbocycles. The Bertz CT molecular complexity index is 743. The average Bonchev–Trinajstić information content (AvgIpc) is 2.71. The number of aliphatic hydroxyl groups excluding tert-OH is 3. The third-order valence-corrected chi connectivity index (χ3v) is 9.05. The van der Waals surface area contributed by atoms with E-state index >= 15 is 0 Å². The van der Waals surface area contributed by atoms with E-state index in [1.165, 1.54) is 6.92 Å². The van der Waals surface area contributed by atoms with Gasteiger partial charge in [-0.15, -0.1) is 0 Å². The summed E-state index contributed by atoms with van der Waals surface area (Å²) in [5, 5.41) is 33.7. The van der Waals surface area contributed by atoms with Gasteiger partial charge in [-0.05, 0) is 36.7 Å². The van der Waals surface area contributed by atoms with E-state index in [1.54, 1.807) is 0 Å². The van der Waals surface area contributed by atoms with Gasteiger partial charge in [0, 0.05) is 30.1 Å². The number of esters is 1. The fourth-order valence-electron chi connectivity index (χ4n) is 7.66. The summed E-state index contributed by atoms with van der Waals surface area (Å²) in [5.41, 5.74) is -2.02. The first-order valence-corrected chi connectivity index (χ1v) is 10.4. The second kappa shape index (κ2) is 5.89. The van der Waals surface area contributed by atoms with Crippen molar-refractivity contribution in [3.63, 3.8) is 0 Å². The largest absolute Gasteiger partial charge is 0.462 e. The van der Waals surface area contributed by atoms with E-state index in [2.05, 4.69) is 6.58 Å². The summed E-state index contributed by atoms with van der Waals surface area (Å²) in [6, 6.07) is 0. The van der Waals surface area contributed by atoms with Crippen LogP contribution in [0.2, 0.25) is 0 Å². The molecule has 0 saturated heterocycles. The van der Waals surface area contributed by atoms with Crippen molar-refractivity contribution >= 4 is 11.8 Å². The number of ketones is 1. The van der Waals surface area contributed by atoms with Crippen molar-refractivity contribution in [2.45, 2.75) is 77.8 Å². The molecule has 9 atom stereocenters. The number of hydrogen-bond donors (Lipinski definition) is 3. The Balaban J connectivity index is 1.84. The van der Waals surface area contributed by atoms with Crippen LogP contribution in [0.1, 0.15) is 53.4 Å². The fraction of sp³-hybridized carbons (Fsp3) is 0.818. The van der Waals surface area contributed by atoms with Crippen molar-refractivity contribution in [2.24, 2.45) is 34.0 Å². The first-order chi connectivity index (χ1) is 12.9. The van der Waals surface area contributed by atoms with Gasteiger partial charge in [0.05, 0.1) is 23.7 Å². The van der Waals surface area contributed by atoms with E-state index in [0.29, 0.717) is 18.4 Å². The number of carbonyl (C=O) groups is 2. The minimum absolute atomic E-state index is 0.163. The molecule has 0 amide bonds. The van der Waals surface area contributed by atoms with Crippen molar-refractivity contribution in [3.05, 3.63) is 12.2 Å². The number of carbonyl (C=O) groups excluding carboxylic acids is 2. The van der Waals surface area contributed by atoms with Gasteiger partial charge in [-0.2, -0.15) is 0 Å². The molecule has 4 aliphatic rings. The summed E-state index contributed by atoms with van der Waals surface area (Å²) in [6.45, 7) is 11.3. The van der Waals surface area contributed by atoms with Gasteiger partial charge in [-0.3, -0.25) is 9.59 Å². The molecule has 2 bridgehead atoms. The quantitative estimate of drug-likeness (QED) is 0.463. The van der Waals surface area contributed by atoms with Gasteiger partial charge in [-0.25, -0.2) is 0 Å². The molecule has 156 valence electrons. The van der Waals surface area contributed by atoms with Gasteiger partial charge in [0.2, 0.25) is 0 Å². The second-order valence-electron chi connectivity index (χ2n) is 10.3. The molecule has 4 saturated carbocycles. The van der Waals surface area contributed by atoms with Crippen LogP contribution in [0.25, 0.3) is 0 Å². The zero-order valence-corrected chi connectivity index (χ0v) is 17.1. The monoisotopic (exact) mass is 392 g/mol. The van der Waals surface area contributed by atoms with E-state index in [-0.39, 0.29) is 42.3 Å². The number of Topliss-reactive ketones (excluding diaryl/α,β-unsaturated/α-hetero) is 1. The molecule has 0 radical (unpaired) electrons. The zero-order chi connectivity index (χ0) is 20.8. The molecule has 1 spiro atoms. The van der Waals surface area contributed by atoms with E-state index in [4.69, 9.17) is 4.74 Å².